The lowest BCUT2D eigenvalue weighted by Crippen LogP contribution is -2.54. The largest absolute Gasteiger partial charge is 0.497 e. The number of aryl methyl sites for hydroxylation is 1. The number of carbonyl (C=O) groups is 2. The van der Waals surface area contributed by atoms with Crippen molar-refractivity contribution in [3.05, 3.63) is 101 Å². The molecule has 0 aromatic heterocycles. The standard InChI is InChI=1S/C38H46N4O4/c1-28-8-10-30(11-9-28)27-42-34-6-3-4-7-35(34)46-36(38(42)44)26-29-12-14-31(15-13-29)37(43)39-20-5-21-40-22-24-41(25-23-40)32-16-18-33(45-2)19-17-32/h8-19,26,34-35H,3-7,20-25,27H2,1-2H3,(H,39,43)/b36-26+. The van der Waals surface area contributed by atoms with Crippen LogP contribution >= 0.6 is 0 Å². The molecule has 242 valence electrons. The fourth-order valence-corrected chi connectivity index (χ4v) is 6.76. The Morgan fingerprint density at radius 3 is 2.37 bits per heavy atom. The van der Waals surface area contributed by atoms with Crippen LogP contribution in [0.4, 0.5) is 5.69 Å². The maximum absolute atomic E-state index is 13.7. The van der Waals surface area contributed by atoms with Gasteiger partial charge < -0.3 is 24.6 Å². The number of morpholine rings is 1. The van der Waals surface area contributed by atoms with E-state index in [4.69, 9.17) is 9.47 Å². The van der Waals surface area contributed by atoms with Crippen LogP contribution in [0.5, 0.6) is 5.75 Å². The van der Waals surface area contributed by atoms with Gasteiger partial charge in [0.25, 0.3) is 11.8 Å². The van der Waals surface area contributed by atoms with Crippen LogP contribution in [0, 0.1) is 6.92 Å². The first-order chi connectivity index (χ1) is 22.5. The smallest absolute Gasteiger partial charge is 0.289 e. The second kappa shape index (κ2) is 14.9. The van der Waals surface area contributed by atoms with Gasteiger partial charge in [0, 0.05) is 50.5 Å². The molecule has 46 heavy (non-hydrogen) atoms. The Morgan fingerprint density at radius 2 is 1.65 bits per heavy atom. The molecule has 2 atom stereocenters. The summed E-state index contributed by atoms with van der Waals surface area (Å²) in [4.78, 5) is 33.4. The van der Waals surface area contributed by atoms with Crippen molar-refractivity contribution in [2.24, 2.45) is 0 Å². The van der Waals surface area contributed by atoms with Crippen molar-refractivity contribution in [3.8, 4) is 5.75 Å². The minimum atomic E-state index is -0.0807. The Hall–Kier alpha value is -4.30. The van der Waals surface area contributed by atoms with E-state index < -0.39 is 0 Å². The predicted molar refractivity (Wildman–Crippen MR) is 182 cm³/mol. The number of methoxy groups -OCH3 is 1. The van der Waals surface area contributed by atoms with Gasteiger partial charge in [-0.05, 0) is 92.8 Å². The lowest BCUT2D eigenvalue weighted by Gasteiger charge is -2.44. The third-order valence-electron chi connectivity index (χ3n) is 9.51. The van der Waals surface area contributed by atoms with Gasteiger partial charge in [-0.25, -0.2) is 0 Å². The monoisotopic (exact) mass is 622 g/mol. The summed E-state index contributed by atoms with van der Waals surface area (Å²) >= 11 is 0. The Labute approximate surface area is 273 Å². The normalized spacial score (nSPS) is 21.1. The average Bonchev–Trinajstić information content (AvgIpc) is 3.10. The number of benzene rings is 3. The molecule has 6 rings (SSSR count). The zero-order chi connectivity index (χ0) is 31.9. The van der Waals surface area contributed by atoms with Crippen molar-refractivity contribution in [1.29, 1.82) is 0 Å². The Balaban J connectivity index is 0.980. The van der Waals surface area contributed by atoms with Crippen molar-refractivity contribution in [1.82, 2.24) is 15.1 Å². The third kappa shape index (κ3) is 7.73. The van der Waals surface area contributed by atoms with Crippen LogP contribution in [0.15, 0.2) is 78.6 Å². The highest BCUT2D eigenvalue weighted by molar-refractivity contribution is 5.97. The van der Waals surface area contributed by atoms with Crippen LogP contribution in [0.3, 0.4) is 0 Å². The number of amides is 2. The average molecular weight is 623 g/mol. The molecule has 1 saturated carbocycles. The van der Waals surface area contributed by atoms with Crippen LogP contribution in [0.2, 0.25) is 0 Å². The molecule has 0 bridgehead atoms. The number of hydrogen-bond donors (Lipinski definition) is 1. The minimum absolute atomic E-state index is 0.0190. The number of piperazine rings is 1. The van der Waals surface area contributed by atoms with Crippen LogP contribution in [0.25, 0.3) is 6.08 Å². The summed E-state index contributed by atoms with van der Waals surface area (Å²) in [5.41, 5.74) is 5.02. The van der Waals surface area contributed by atoms with Crippen molar-refractivity contribution in [2.75, 3.05) is 51.3 Å². The first-order valence-electron chi connectivity index (χ1n) is 16.7. The van der Waals surface area contributed by atoms with Gasteiger partial charge in [-0.15, -0.1) is 0 Å². The lowest BCUT2D eigenvalue weighted by molar-refractivity contribution is -0.149. The number of anilines is 1. The van der Waals surface area contributed by atoms with Crippen LogP contribution in [-0.2, 0) is 16.1 Å². The van der Waals surface area contributed by atoms with Crippen molar-refractivity contribution >= 4 is 23.6 Å². The summed E-state index contributed by atoms with van der Waals surface area (Å²) in [5, 5.41) is 3.07. The molecule has 8 heteroatoms. The Morgan fingerprint density at radius 1 is 0.935 bits per heavy atom. The van der Waals surface area contributed by atoms with Crippen LogP contribution < -0.4 is 15.0 Å². The van der Waals surface area contributed by atoms with E-state index in [-0.39, 0.29) is 24.0 Å². The lowest BCUT2D eigenvalue weighted by atomic mass is 9.89. The molecule has 3 aromatic carbocycles. The molecule has 1 aliphatic carbocycles. The van der Waals surface area contributed by atoms with Crippen molar-refractivity contribution in [2.45, 2.75) is 57.7 Å². The maximum Gasteiger partial charge on any atom is 0.289 e. The molecule has 0 radical (unpaired) electrons. The molecule has 2 unspecified atom stereocenters. The zero-order valence-electron chi connectivity index (χ0n) is 27.1. The van der Waals surface area contributed by atoms with Gasteiger partial charge in [0.15, 0.2) is 5.76 Å². The highest BCUT2D eigenvalue weighted by Gasteiger charge is 2.41. The van der Waals surface area contributed by atoms with E-state index in [1.165, 1.54) is 11.3 Å². The first kappa shape index (κ1) is 31.7. The number of rotatable bonds is 10. The number of hydrogen-bond acceptors (Lipinski definition) is 6. The predicted octanol–water partition coefficient (Wildman–Crippen LogP) is 5.66. The summed E-state index contributed by atoms with van der Waals surface area (Å²) in [6.07, 6.45) is 6.91. The molecular weight excluding hydrogens is 576 g/mol. The van der Waals surface area contributed by atoms with Gasteiger partial charge in [0.05, 0.1) is 13.2 Å². The number of nitrogens with one attached hydrogen (secondary N) is 1. The van der Waals surface area contributed by atoms with E-state index in [1.54, 1.807) is 7.11 Å². The molecule has 3 aromatic rings. The summed E-state index contributed by atoms with van der Waals surface area (Å²) in [6, 6.07) is 24.2. The molecule has 2 saturated heterocycles. The Bertz CT molecular complexity index is 1500. The molecule has 1 N–H and O–H groups in total. The van der Waals surface area contributed by atoms with Gasteiger partial charge in [0.1, 0.15) is 11.9 Å². The highest BCUT2D eigenvalue weighted by Crippen LogP contribution is 2.34. The quantitative estimate of drug-likeness (QED) is 0.233. The summed E-state index contributed by atoms with van der Waals surface area (Å²) in [6.45, 7) is 8.24. The molecule has 3 aliphatic rings. The van der Waals surface area contributed by atoms with Crippen LogP contribution in [0.1, 0.15) is 59.2 Å². The SMILES string of the molecule is COc1ccc(N2CCN(CCCNC(=O)c3ccc(/C=C4/OC5CCCCC5N(Cc5ccc(C)cc5)C4=O)cc3)CC2)cc1. The molecule has 2 heterocycles. The van der Waals surface area contributed by atoms with E-state index in [1.807, 2.05) is 47.4 Å². The van der Waals surface area contributed by atoms with Crippen molar-refractivity contribution in [3.63, 3.8) is 0 Å². The molecule has 8 nitrogen and oxygen atoms in total. The topological polar surface area (TPSA) is 74.4 Å². The molecule has 2 amide bonds. The fraction of sp³-hybridized carbons (Fsp3) is 0.421. The fourth-order valence-electron chi connectivity index (χ4n) is 6.76. The maximum atomic E-state index is 13.7. The first-order valence-corrected chi connectivity index (χ1v) is 16.7. The summed E-state index contributed by atoms with van der Waals surface area (Å²) in [7, 11) is 1.69. The van der Waals surface area contributed by atoms with E-state index in [2.05, 4.69) is 58.4 Å². The van der Waals surface area contributed by atoms with Gasteiger partial charge in [-0.3, -0.25) is 14.5 Å². The Kier molecular flexibility index (Phi) is 10.2. The molecular formula is C38H46N4O4. The van der Waals surface area contributed by atoms with Gasteiger partial charge in [-0.1, -0.05) is 48.4 Å². The van der Waals surface area contributed by atoms with Gasteiger partial charge in [-0.2, -0.15) is 0 Å². The van der Waals surface area contributed by atoms with E-state index in [9.17, 15) is 9.59 Å². The van der Waals surface area contributed by atoms with E-state index in [0.29, 0.717) is 24.4 Å². The van der Waals surface area contributed by atoms with Gasteiger partial charge in [0.2, 0.25) is 0 Å². The summed E-state index contributed by atoms with van der Waals surface area (Å²) < 4.78 is 11.6. The van der Waals surface area contributed by atoms with Gasteiger partial charge >= 0.3 is 0 Å². The molecule has 3 fully saturated rings. The zero-order valence-corrected chi connectivity index (χ0v) is 27.1. The number of ether oxygens (including phenoxy) is 2. The number of carbonyl (C=O) groups excluding carboxylic acids is 2. The second-order valence-corrected chi connectivity index (χ2v) is 12.7. The minimum Gasteiger partial charge on any atom is -0.497 e. The van der Waals surface area contributed by atoms with Crippen molar-refractivity contribution < 1.29 is 19.1 Å². The third-order valence-corrected chi connectivity index (χ3v) is 9.51. The second-order valence-electron chi connectivity index (χ2n) is 12.7. The number of fused-ring (bicyclic) bond motifs is 1. The molecule has 2 aliphatic heterocycles. The molecule has 0 spiro atoms. The summed E-state index contributed by atoms with van der Waals surface area (Å²) in [5.74, 6) is 1.12. The number of nitrogens with zero attached hydrogens (tertiary/aromatic N) is 3. The highest BCUT2D eigenvalue weighted by atomic mass is 16.5. The van der Waals surface area contributed by atoms with E-state index in [0.717, 1.165) is 81.7 Å². The van der Waals surface area contributed by atoms with E-state index >= 15 is 0 Å². The van der Waals surface area contributed by atoms with Crippen LogP contribution in [-0.4, -0.2) is 80.1 Å².